The first-order chi connectivity index (χ1) is 9.98. The van der Waals surface area contributed by atoms with Gasteiger partial charge in [0.1, 0.15) is 5.75 Å². The van der Waals surface area contributed by atoms with Gasteiger partial charge in [0.15, 0.2) is 0 Å². The number of rotatable bonds is 5. The third-order valence-corrected chi connectivity index (χ3v) is 4.19. The minimum absolute atomic E-state index is 0.151. The summed E-state index contributed by atoms with van der Waals surface area (Å²) in [5.74, 6) is 1.12. The largest absolute Gasteiger partial charge is 0.573 e. The highest BCUT2D eigenvalue weighted by Gasteiger charge is 2.31. The van der Waals surface area contributed by atoms with Crippen LogP contribution in [-0.4, -0.2) is 20.0 Å². The monoisotopic (exact) mass is 301 g/mol. The van der Waals surface area contributed by atoms with E-state index in [0.29, 0.717) is 11.8 Å². The molecule has 5 heteroatoms. The summed E-state index contributed by atoms with van der Waals surface area (Å²) in [7, 11) is 1.97. The molecule has 2 unspecified atom stereocenters. The molecule has 0 saturated heterocycles. The molecule has 0 spiro atoms. The topological polar surface area (TPSA) is 21.3 Å². The molecule has 2 rings (SSSR count). The van der Waals surface area contributed by atoms with Gasteiger partial charge in [-0.3, -0.25) is 0 Å². The van der Waals surface area contributed by atoms with Crippen molar-refractivity contribution in [2.75, 3.05) is 13.6 Å². The first-order valence-electron chi connectivity index (χ1n) is 7.47. The van der Waals surface area contributed by atoms with Crippen molar-refractivity contribution in [1.82, 2.24) is 5.32 Å². The number of hydrogen-bond acceptors (Lipinski definition) is 2. The predicted octanol–water partition coefficient (Wildman–Crippen LogP) is 4.15. The maximum Gasteiger partial charge on any atom is 0.573 e. The fourth-order valence-corrected chi connectivity index (χ4v) is 3.21. The zero-order chi connectivity index (χ0) is 15.3. The van der Waals surface area contributed by atoms with Gasteiger partial charge in [-0.25, -0.2) is 0 Å². The molecule has 1 N–H and O–H groups in total. The van der Waals surface area contributed by atoms with E-state index in [1.807, 2.05) is 7.05 Å². The fraction of sp³-hybridized carbons (Fsp3) is 0.625. The Labute approximate surface area is 123 Å². The van der Waals surface area contributed by atoms with Crippen LogP contribution in [0.4, 0.5) is 13.2 Å². The van der Waals surface area contributed by atoms with E-state index < -0.39 is 6.36 Å². The molecule has 1 aromatic rings. The molecule has 0 radical (unpaired) electrons. The quantitative estimate of drug-likeness (QED) is 0.882. The number of ether oxygens (including phenoxy) is 1. The lowest BCUT2D eigenvalue weighted by molar-refractivity contribution is -0.274. The molecule has 0 bridgehead atoms. The van der Waals surface area contributed by atoms with E-state index in [1.54, 1.807) is 12.1 Å². The molecule has 1 aliphatic rings. The van der Waals surface area contributed by atoms with Crippen LogP contribution >= 0.6 is 0 Å². The van der Waals surface area contributed by atoms with Crippen molar-refractivity contribution in [3.05, 3.63) is 29.8 Å². The van der Waals surface area contributed by atoms with Crippen molar-refractivity contribution >= 4 is 0 Å². The molecule has 0 aliphatic heterocycles. The average molecular weight is 301 g/mol. The van der Waals surface area contributed by atoms with E-state index in [2.05, 4.69) is 10.1 Å². The second kappa shape index (κ2) is 7.16. The second-order valence-electron chi connectivity index (χ2n) is 5.76. The summed E-state index contributed by atoms with van der Waals surface area (Å²) in [5, 5.41) is 3.24. The Morgan fingerprint density at radius 1 is 1.10 bits per heavy atom. The summed E-state index contributed by atoms with van der Waals surface area (Å²) in [4.78, 5) is 0. The molecule has 1 aromatic carbocycles. The van der Waals surface area contributed by atoms with Crippen LogP contribution in [0.3, 0.4) is 0 Å². The van der Waals surface area contributed by atoms with Gasteiger partial charge in [-0.2, -0.15) is 0 Å². The van der Waals surface area contributed by atoms with E-state index in [4.69, 9.17) is 0 Å². The molecular weight excluding hydrogens is 279 g/mol. The lowest BCUT2D eigenvalue weighted by atomic mass is 9.76. The molecule has 0 amide bonds. The van der Waals surface area contributed by atoms with Crippen LogP contribution in [0.1, 0.15) is 31.2 Å². The second-order valence-corrected chi connectivity index (χ2v) is 5.76. The Bertz CT molecular complexity index is 428. The zero-order valence-electron chi connectivity index (χ0n) is 12.2. The highest BCUT2D eigenvalue weighted by Crippen LogP contribution is 2.32. The highest BCUT2D eigenvalue weighted by molar-refractivity contribution is 5.27. The summed E-state index contributed by atoms with van der Waals surface area (Å²) < 4.78 is 40.3. The van der Waals surface area contributed by atoms with Gasteiger partial charge in [0, 0.05) is 0 Å². The third-order valence-electron chi connectivity index (χ3n) is 4.19. The van der Waals surface area contributed by atoms with Gasteiger partial charge < -0.3 is 10.1 Å². The minimum atomic E-state index is -4.62. The van der Waals surface area contributed by atoms with E-state index in [-0.39, 0.29) is 5.75 Å². The van der Waals surface area contributed by atoms with Crippen molar-refractivity contribution in [2.45, 2.75) is 38.5 Å². The van der Waals surface area contributed by atoms with Gasteiger partial charge in [-0.05, 0) is 62.4 Å². The molecule has 118 valence electrons. The van der Waals surface area contributed by atoms with E-state index >= 15 is 0 Å². The normalized spacial score (nSPS) is 23.0. The summed E-state index contributed by atoms with van der Waals surface area (Å²) in [6.45, 7) is 1.01. The van der Waals surface area contributed by atoms with E-state index in [0.717, 1.165) is 18.5 Å². The van der Waals surface area contributed by atoms with Crippen LogP contribution in [0.2, 0.25) is 0 Å². The van der Waals surface area contributed by atoms with Crippen molar-refractivity contribution < 1.29 is 17.9 Å². The Hall–Kier alpha value is -1.23. The van der Waals surface area contributed by atoms with Crippen molar-refractivity contribution in [3.63, 3.8) is 0 Å². The van der Waals surface area contributed by atoms with E-state index in [9.17, 15) is 13.2 Å². The van der Waals surface area contributed by atoms with Crippen molar-refractivity contribution in [1.29, 1.82) is 0 Å². The smallest absolute Gasteiger partial charge is 0.406 e. The summed E-state index contributed by atoms with van der Waals surface area (Å²) in [5.41, 5.74) is 1.08. The summed E-state index contributed by atoms with van der Waals surface area (Å²) in [6, 6.07) is 6.29. The van der Waals surface area contributed by atoms with Gasteiger partial charge in [0.05, 0.1) is 0 Å². The van der Waals surface area contributed by atoms with Crippen LogP contribution in [0.15, 0.2) is 24.3 Å². The van der Waals surface area contributed by atoms with Crippen LogP contribution in [-0.2, 0) is 6.42 Å². The molecule has 1 saturated carbocycles. The predicted molar refractivity (Wildman–Crippen MR) is 76.2 cm³/mol. The molecule has 1 fully saturated rings. The van der Waals surface area contributed by atoms with Gasteiger partial charge in [0.2, 0.25) is 0 Å². The fourth-order valence-electron chi connectivity index (χ4n) is 3.21. The Morgan fingerprint density at radius 3 is 2.29 bits per heavy atom. The molecule has 0 heterocycles. The van der Waals surface area contributed by atoms with Crippen LogP contribution in [0.5, 0.6) is 5.75 Å². The van der Waals surface area contributed by atoms with Gasteiger partial charge in [-0.15, -0.1) is 13.2 Å². The third kappa shape index (κ3) is 5.23. The number of halogens is 3. The standard InChI is InChI=1S/C16H22F3NO/c1-20-11-14-5-3-2-4-13(14)10-12-6-8-15(9-7-12)21-16(17,18)19/h6-9,13-14,20H,2-5,10-11H2,1H3. The van der Waals surface area contributed by atoms with Crippen molar-refractivity contribution in [2.24, 2.45) is 11.8 Å². The Balaban J connectivity index is 1.95. The van der Waals surface area contributed by atoms with Gasteiger partial charge in [-0.1, -0.05) is 25.0 Å². The average Bonchev–Trinajstić information content (AvgIpc) is 2.42. The first kappa shape index (κ1) is 16.1. The molecule has 1 aliphatic carbocycles. The molecule has 2 atom stereocenters. The maximum absolute atomic E-state index is 12.1. The van der Waals surface area contributed by atoms with Gasteiger partial charge in [0.25, 0.3) is 0 Å². The number of alkyl halides is 3. The summed E-state index contributed by atoms with van der Waals surface area (Å²) >= 11 is 0. The molecule has 2 nitrogen and oxygen atoms in total. The Kier molecular flexibility index (Phi) is 5.51. The summed E-state index contributed by atoms with van der Waals surface area (Å²) in [6.07, 6.45) is 1.27. The molecule has 0 aromatic heterocycles. The SMILES string of the molecule is CNCC1CCCCC1Cc1ccc(OC(F)(F)F)cc1. The zero-order valence-corrected chi connectivity index (χ0v) is 12.2. The Morgan fingerprint density at radius 2 is 1.71 bits per heavy atom. The van der Waals surface area contributed by atoms with Crippen LogP contribution < -0.4 is 10.1 Å². The minimum Gasteiger partial charge on any atom is -0.406 e. The molecular formula is C16H22F3NO. The van der Waals surface area contributed by atoms with Crippen LogP contribution in [0.25, 0.3) is 0 Å². The van der Waals surface area contributed by atoms with Crippen molar-refractivity contribution in [3.8, 4) is 5.75 Å². The lowest BCUT2D eigenvalue weighted by Gasteiger charge is -2.31. The number of nitrogens with one attached hydrogen (secondary N) is 1. The first-order valence-corrected chi connectivity index (χ1v) is 7.47. The molecule has 21 heavy (non-hydrogen) atoms. The number of hydrogen-bond donors (Lipinski definition) is 1. The maximum atomic E-state index is 12.1. The van der Waals surface area contributed by atoms with Crippen LogP contribution in [0, 0.1) is 11.8 Å². The highest BCUT2D eigenvalue weighted by atomic mass is 19.4. The lowest BCUT2D eigenvalue weighted by Crippen LogP contribution is -2.30. The van der Waals surface area contributed by atoms with E-state index in [1.165, 1.54) is 37.8 Å². The van der Waals surface area contributed by atoms with Gasteiger partial charge >= 0.3 is 6.36 Å². The number of benzene rings is 1.